The first kappa shape index (κ1) is 30.7. The van der Waals surface area contributed by atoms with E-state index in [0.717, 1.165) is 24.1 Å². The molecule has 3 unspecified atom stereocenters. The van der Waals surface area contributed by atoms with Crippen molar-refractivity contribution in [3.05, 3.63) is 111 Å². The molecule has 43 heavy (non-hydrogen) atoms. The average molecular weight is 589 g/mol. The summed E-state index contributed by atoms with van der Waals surface area (Å²) in [4.78, 5) is 57.3. The number of hydrogen-bond acceptors (Lipinski definition) is 9. The molecular weight excluding hydrogens is 556 g/mol. The summed E-state index contributed by atoms with van der Waals surface area (Å²) in [6.07, 6.45) is 6.64. The lowest BCUT2D eigenvalue weighted by Gasteiger charge is -2.46. The minimum atomic E-state index is -1.82. The van der Waals surface area contributed by atoms with Gasteiger partial charge in [-0.15, -0.1) is 0 Å². The molecule has 0 saturated carbocycles. The lowest BCUT2D eigenvalue weighted by Crippen LogP contribution is -2.57. The van der Waals surface area contributed by atoms with Crippen molar-refractivity contribution in [1.29, 1.82) is 0 Å². The number of methoxy groups -OCH3 is 1. The van der Waals surface area contributed by atoms with Crippen LogP contribution in [0, 0.1) is 15.5 Å². The van der Waals surface area contributed by atoms with Crippen LogP contribution in [0.1, 0.15) is 48.7 Å². The number of para-hydroxylation sites is 1. The maximum atomic E-state index is 13.1. The highest BCUT2D eigenvalue weighted by atomic mass is 16.6. The monoisotopic (exact) mass is 588 g/mol. The maximum Gasteiger partial charge on any atom is 0.336 e. The number of aromatic amines is 1. The fourth-order valence-corrected chi connectivity index (χ4v) is 5.61. The quantitative estimate of drug-likeness (QED) is 0.128. The Hall–Kier alpha value is -5.26. The molecule has 2 heterocycles. The van der Waals surface area contributed by atoms with Gasteiger partial charge in [-0.05, 0) is 31.1 Å². The van der Waals surface area contributed by atoms with Crippen molar-refractivity contribution in [2.75, 3.05) is 13.7 Å². The molecule has 2 aromatic carbocycles. The Morgan fingerprint density at radius 2 is 1.88 bits per heavy atom. The van der Waals surface area contributed by atoms with Gasteiger partial charge < -0.3 is 24.9 Å². The molecule has 0 saturated heterocycles. The third-order valence-corrected chi connectivity index (χ3v) is 7.74. The third-order valence-electron chi connectivity index (χ3n) is 7.74. The second-order valence-electron chi connectivity index (χ2n) is 10.2. The number of aliphatic carboxylic acids is 1. The molecule has 0 spiro atoms. The van der Waals surface area contributed by atoms with E-state index >= 15 is 0 Å². The highest BCUT2D eigenvalue weighted by Gasteiger charge is 2.57. The predicted molar refractivity (Wildman–Crippen MR) is 156 cm³/mol. The third kappa shape index (κ3) is 6.48. The van der Waals surface area contributed by atoms with Crippen molar-refractivity contribution in [2.24, 2.45) is 5.41 Å². The molecule has 0 amide bonds. The Morgan fingerprint density at radius 3 is 2.51 bits per heavy atom. The van der Waals surface area contributed by atoms with Crippen molar-refractivity contribution in [3.8, 4) is 0 Å². The Labute approximate surface area is 247 Å². The Kier molecular flexibility index (Phi) is 9.39. The van der Waals surface area contributed by atoms with Crippen LogP contribution < -0.4 is 5.32 Å². The van der Waals surface area contributed by atoms with Gasteiger partial charge in [-0.2, -0.15) is 0 Å². The number of ether oxygens (including phenoxy) is 2. The molecule has 12 heteroatoms. The number of hydrogen-bond donors (Lipinski definition) is 3. The number of nitrogens with one attached hydrogen (secondary N) is 2. The molecular formula is C31H32N4O8. The molecule has 12 nitrogen and oxygen atoms in total. The molecule has 1 aliphatic rings. The SMILES string of the molecule is COC(=O)C1=C(C)NC(C)C(CCOC(=O)C=Cc2ccc(Cc3ncc[nH]3)cc2)(C(=O)O)C1c1ccccc1[N+](=O)[O-]. The van der Waals surface area contributed by atoms with Gasteiger partial charge in [0, 0.05) is 60.6 Å². The van der Waals surface area contributed by atoms with Gasteiger partial charge in [0.2, 0.25) is 0 Å². The number of allylic oxidation sites excluding steroid dienone is 1. The number of carbonyl (C=O) groups is 3. The van der Waals surface area contributed by atoms with E-state index in [9.17, 15) is 29.6 Å². The van der Waals surface area contributed by atoms with Crippen LogP contribution in [0.5, 0.6) is 0 Å². The van der Waals surface area contributed by atoms with Crippen molar-refractivity contribution < 1.29 is 33.9 Å². The topological polar surface area (TPSA) is 174 Å². The largest absolute Gasteiger partial charge is 0.481 e. The molecule has 3 atom stereocenters. The van der Waals surface area contributed by atoms with Crippen LogP contribution >= 0.6 is 0 Å². The summed E-state index contributed by atoms with van der Waals surface area (Å²) >= 11 is 0. The van der Waals surface area contributed by atoms with E-state index in [0.29, 0.717) is 12.1 Å². The number of aromatic nitrogens is 2. The molecule has 224 valence electrons. The minimum absolute atomic E-state index is 0.0426. The first-order chi connectivity index (χ1) is 20.6. The van der Waals surface area contributed by atoms with Crippen LogP contribution in [-0.2, 0) is 30.3 Å². The van der Waals surface area contributed by atoms with Crippen LogP contribution in [0.25, 0.3) is 6.08 Å². The molecule has 0 fully saturated rings. The number of nitro groups is 1. The molecule has 0 bridgehead atoms. The summed E-state index contributed by atoms with van der Waals surface area (Å²) in [6, 6.07) is 12.4. The van der Waals surface area contributed by atoms with Crippen molar-refractivity contribution >= 4 is 29.7 Å². The number of carbonyl (C=O) groups excluding carboxylic acids is 2. The fraction of sp³-hybridized carbons (Fsp3) is 0.290. The van der Waals surface area contributed by atoms with Crippen LogP contribution in [0.3, 0.4) is 0 Å². The van der Waals surface area contributed by atoms with Gasteiger partial charge in [-0.1, -0.05) is 42.5 Å². The molecule has 1 aliphatic heterocycles. The second kappa shape index (κ2) is 13.1. The summed E-state index contributed by atoms with van der Waals surface area (Å²) in [5.41, 5.74) is -0.0161. The lowest BCUT2D eigenvalue weighted by atomic mass is 9.60. The van der Waals surface area contributed by atoms with Crippen molar-refractivity contribution in [1.82, 2.24) is 15.3 Å². The zero-order chi connectivity index (χ0) is 31.1. The van der Waals surface area contributed by atoms with Crippen LogP contribution in [0.15, 0.2) is 78.3 Å². The highest BCUT2D eigenvalue weighted by molar-refractivity contribution is 5.94. The average Bonchev–Trinajstić information content (AvgIpc) is 3.50. The zero-order valence-electron chi connectivity index (χ0n) is 23.9. The fourth-order valence-electron chi connectivity index (χ4n) is 5.61. The second-order valence-corrected chi connectivity index (χ2v) is 10.2. The van der Waals surface area contributed by atoms with Crippen LogP contribution in [0.4, 0.5) is 5.69 Å². The minimum Gasteiger partial charge on any atom is -0.481 e. The highest BCUT2D eigenvalue weighted by Crippen LogP contribution is 2.52. The number of nitro benzene ring substituents is 1. The van der Waals surface area contributed by atoms with Gasteiger partial charge >= 0.3 is 17.9 Å². The van der Waals surface area contributed by atoms with Gasteiger partial charge in [0.1, 0.15) is 11.2 Å². The van der Waals surface area contributed by atoms with E-state index in [1.165, 1.54) is 24.3 Å². The number of carboxylic acid groups (broad SMARTS) is 1. The summed E-state index contributed by atoms with van der Waals surface area (Å²) in [5.74, 6) is -3.27. The summed E-state index contributed by atoms with van der Waals surface area (Å²) in [6.45, 7) is 2.88. The normalized spacial score (nSPS) is 20.0. The van der Waals surface area contributed by atoms with Gasteiger partial charge in [0.25, 0.3) is 5.69 Å². The Bertz CT molecular complexity index is 1560. The Balaban J connectivity index is 1.56. The molecule has 0 aliphatic carbocycles. The van der Waals surface area contributed by atoms with Gasteiger partial charge in [-0.3, -0.25) is 14.9 Å². The van der Waals surface area contributed by atoms with E-state index in [1.54, 1.807) is 38.4 Å². The maximum absolute atomic E-state index is 13.1. The Morgan fingerprint density at radius 1 is 1.16 bits per heavy atom. The molecule has 4 rings (SSSR count). The number of benzene rings is 2. The number of rotatable bonds is 11. The smallest absolute Gasteiger partial charge is 0.336 e. The number of imidazole rings is 1. The van der Waals surface area contributed by atoms with Gasteiger partial charge in [0.05, 0.1) is 24.2 Å². The van der Waals surface area contributed by atoms with Crippen LogP contribution in [-0.4, -0.2) is 57.7 Å². The van der Waals surface area contributed by atoms with E-state index in [-0.39, 0.29) is 29.9 Å². The zero-order valence-corrected chi connectivity index (χ0v) is 23.9. The molecule has 3 aromatic rings. The number of carboxylic acids is 1. The molecule has 1 aromatic heterocycles. The lowest BCUT2D eigenvalue weighted by molar-refractivity contribution is -0.385. The number of esters is 2. The van der Waals surface area contributed by atoms with E-state index in [4.69, 9.17) is 9.47 Å². The summed E-state index contributed by atoms with van der Waals surface area (Å²) in [5, 5.41) is 25.7. The molecule has 0 radical (unpaired) electrons. The molecule has 3 N–H and O–H groups in total. The predicted octanol–water partition coefficient (Wildman–Crippen LogP) is 4.15. The van der Waals surface area contributed by atoms with E-state index in [1.807, 2.05) is 24.3 Å². The summed E-state index contributed by atoms with van der Waals surface area (Å²) < 4.78 is 10.4. The first-order valence-corrected chi connectivity index (χ1v) is 13.5. The van der Waals surface area contributed by atoms with Gasteiger partial charge in [-0.25, -0.2) is 14.6 Å². The van der Waals surface area contributed by atoms with Crippen LogP contribution in [0.2, 0.25) is 0 Å². The standard InChI is InChI=1S/C31H32N4O8/c1-19-27(29(37)42-3)28(23-6-4-5-7-24(23)35(40)41)31(30(38)39,20(2)34-19)14-17-43-26(36)13-12-21-8-10-22(11-9-21)18-25-32-15-16-33-25/h4-13,15-16,20,28,34H,14,17-18H2,1-3H3,(H,32,33)(H,38,39). The summed E-state index contributed by atoms with van der Waals surface area (Å²) in [7, 11) is 1.15. The van der Waals surface area contributed by atoms with E-state index < -0.39 is 40.2 Å². The number of H-pyrrole nitrogens is 1. The van der Waals surface area contributed by atoms with Crippen molar-refractivity contribution in [3.63, 3.8) is 0 Å². The number of nitrogens with zero attached hydrogens (tertiary/aromatic N) is 2. The first-order valence-electron chi connectivity index (χ1n) is 13.5. The van der Waals surface area contributed by atoms with Gasteiger partial charge in [0.15, 0.2) is 0 Å². The van der Waals surface area contributed by atoms with Crippen molar-refractivity contribution in [2.45, 2.75) is 38.6 Å². The van der Waals surface area contributed by atoms with E-state index in [2.05, 4.69) is 15.3 Å².